The molecule has 0 unspecified atom stereocenters. The Morgan fingerprint density at radius 2 is 1.65 bits per heavy atom. The van der Waals surface area contributed by atoms with Crippen molar-refractivity contribution in [2.45, 2.75) is 72.5 Å². The van der Waals surface area contributed by atoms with E-state index in [2.05, 4.69) is 49.4 Å². The molecule has 1 atom stereocenters. The fourth-order valence-electron chi connectivity index (χ4n) is 3.21. The highest BCUT2D eigenvalue weighted by molar-refractivity contribution is 6.33. The van der Waals surface area contributed by atoms with E-state index in [1.165, 1.54) is 23.8 Å². The Morgan fingerprint density at radius 3 is 2.26 bits per heavy atom. The highest BCUT2D eigenvalue weighted by atomic mass is 16.5. The maximum Gasteiger partial charge on any atom is 0.416 e. The van der Waals surface area contributed by atoms with E-state index in [1.807, 2.05) is 36.4 Å². The largest absolute Gasteiger partial charge is 0.460 e. The molecule has 0 aliphatic rings. The number of ether oxygens (including phenoxy) is 3. The van der Waals surface area contributed by atoms with Crippen LogP contribution in [0.15, 0.2) is 65.3 Å². The number of carbonyl (C=O) groups excluding carboxylic acids is 1. The van der Waals surface area contributed by atoms with Crippen LogP contribution in [-0.2, 0) is 25.6 Å². The van der Waals surface area contributed by atoms with E-state index in [-0.39, 0.29) is 18.7 Å². The fourth-order valence-corrected chi connectivity index (χ4v) is 3.21. The topological polar surface area (TPSA) is 81.2 Å². The Balaban J connectivity index is 2.57. The minimum Gasteiger partial charge on any atom is -0.460 e. The van der Waals surface area contributed by atoms with Gasteiger partial charge in [-0.25, -0.2) is 4.79 Å². The molecular formula is C28H40N2O4. The third-order valence-corrected chi connectivity index (χ3v) is 5.26. The summed E-state index contributed by atoms with van der Waals surface area (Å²) in [6.07, 6.45) is 10.4. The van der Waals surface area contributed by atoms with Gasteiger partial charge in [-0.05, 0) is 58.9 Å². The van der Waals surface area contributed by atoms with Crippen LogP contribution in [0.2, 0.25) is 0 Å². The summed E-state index contributed by atoms with van der Waals surface area (Å²) >= 11 is 0. The summed E-state index contributed by atoms with van der Waals surface area (Å²) in [5.74, 6) is -0.683. The molecule has 0 saturated carbocycles. The Bertz CT molecular complexity index is 877. The van der Waals surface area contributed by atoms with Crippen LogP contribution in [0.4, 0.5) is 0 Å². The zero-order chi connectivity index (χ0) is 25.2. The van der Waals surface area contributed by atoms with Crippen LogP contribution in [0.25, 0.3) is 5.53 Å². The molecule has 0 bridgehead atoms. The van der Waals surface area contributed by atoms with E-state index in [0.717, 1.165) is 31.2 Å². The summed E-state index contributed by atoms with van der Waals surface area (Å²) in [7, 11) is 1.25. The highest BCUT2D eigenvalue weighted by Crippen LogP contribution is 2.12. The van der Waals surface area contributed by atoms with Gasteiger partial charge < -0.3 is 19.7 Å². The van der Waals surface area contributed by atoms with Crippen molar-refractivity contribution in [3.05, 3.63) is 76.4 Å². The van der Waals surface area contributed by atoms with Gasteiger partial charge in [-0.15, -0.1) is 0 Å². The maximum atomic E-state index is 11.8. The lowest BCUT2D eigenvalue weighted by Gasteiger charge is -2.15. The van der Waals surface area contributed by atoms with Gasteiger partial charge in [0.2, 0.25) is 0 Å². The number of allylic oxidation sites excluding steroid dienone is 5. The molecule has 0 radical (unpaired) electrons. The number of nitrogens with zero attached hydrogens (tertiary/aromatic N) is 2. The van der Waals surface area contributed by atoms with E-state index in [4.69, 9.17) is 9.47 Å². The summed E-state index contributed by atoms with van der Waals surface area (Å²) < 4.78 is 16.4. The van der Waals surface area contributed by atoms with Gasteiger partial charge in [0, 0.05) is 0 Å². The van der Waals surface area contributed by atoms with E-state index < -0.39 is 12.1 Å². The molecular weight excluding hydrogens is 428 g/mol. The molecule has 0 aliphatic carbocycles. The van der Waals surface area contributed by atoms with Crippen LogP contribution in [0.3, 0.4) is 0 Å². The molecule has 186 valence electrons. The lowest BCUT2D eigenvalue weighted by atomic mass is 10.1. The summed E-state index contributed by atoms with van der Waals surface area (Å²) in [6.45, 7) is 9.59. The van der Waals surface area contributed by atoms with Gasteiger partial charge in [0.05, 0.1) is 39.5 Å². The van der Waals surface area contributed by atoms with Crippen molar-refractivity contribution < 1.29 is 23.8 Å². The predicted molar refractivity (Wildman–Crippen MR) is 137 cm³/mol. The Morgan fingerprint density at radius 1 is 1.00 bits per heavy atom. The number of methoxy groups -OCH3 is 1. The lowest BCUT2D eigenvalue weighted by molar-refractivity contribution is -0.138. The maximum absolute atomic E-state index is 11.8. The lowest BCUT2D eigenvalue weighted by Crippen LogP contribution is -2.28. The Hall–Kier alpha value is -2.79. The van der Waals surface area contributed by atoms with Gasteiger partial charge in [-0.3, -0.25) is 0 Å². The minimum absolute atomic E-state index is 0.0924. The molecule has 0 heterocycles. The first-order chi connectivity index (χ1) is 16.3. The minimum atomic E-state index is -0.683. The molecule has 0 amide bonds. The molecule has 6 heteroatoms. The first-order valence-electron chi connectivity index (χ1n) is 11.8. The van der Waals surface area contributed by atoms with Gasteiger partial charge in [0.15, 0.2) is 0 Å². The molecule has 0 spiro atoms. The van der Waals surface area contributed by atoms with Crippen LogP contribution < -0.4 is 0 Å². The van der Waals surface area contributed by atoms with Crippen LogP contribution >= 0.6 is 0 Å². The van der Waals surface area contributed by atoms with Crippen molar-refractivity contribution >= 4 is 11.7 Å². The number of esters is 1. The van der Waals surface area contributed by atoms with Crippen LogP contribution in [0, 0.1) is 0 Å². The zero-order valence-corrected chi connectivity index (χ0v) is 21.4. The second-order valence-corrected chi connectivity index (χ2v) is 8.66. The SMILES string of the molecule is COC(=O)C(C[C@H](COCc1ccccc1)OC/C=C(\C)CC/C=C(\C)CCC=C(C)C)=[N+]=[N-]. The van der Waals surface area contributed by atoms with E-state index >= 15 is 0 Å². The monoisotopic (exact) mass is 468 g/mol. The smallest absolute Gasteiger partial charge is 0.416 e. The molecule has 0 saturated heterocycles. The number of carbonyl (C=O) groups is 1. The molecule has 0 aliphatic heterocycles. The molecule has 0 aromatic heterocycles. The molecule has 0 fully saturated rings. The molecule has 34 heavy (non-hydrogen) atoms. The summed E-state index contributed by atoms with van der Waals surface area (Å²) in [5.41, 5.74) is 14.2. The number of hydrogen-bond donors (Lipinski definition) is 0. The molecule has 1 aromatic carbocycles. The van der Waals surface area contributed by atoms with Crippen molar-refractivity contribution in [3.8, 4) is 0 Å². The van der Waals surface area contributed by atoms with Gasteiger partial charge in [-0.1, -0.05) is 65.3 Å². The normalized spacial score (nSPS) is 12.6. The summed E-state index contributed by atoms with van der Waals surface area (Å²) in [4.78, 5) is 14.9. The molecule has 6 nitrogen and oxygen atoms in total. The summed E-state index contributed by atoms with van der Waals surface area (Å²) in [5, 5.41) is 0. The van der Waals surface area contributed by atoms with Gasteiger partial charge in [0.1, 0.15) is 0 Å². The second kappa shape index (κ2) is 17.7. The zero-order valence-electron chi connectivity index (χ0n) is 21.4. The third-order valence-electron chi connectivity index (χ3n) is 5.26. The molecule has 1 aromatic rings. The Labute approximate surface area is 204 Å². The number of hydrogen-bond acceptors (Lipinski definition) is 4. The first-order valence-corrected chi connectivity index (χ1v) is 11.8. The molecule has 1 rings (SSSR count). The average molecular weight is 469 g/mol. The number of rotatable bonds is 16. The van der Waals surface area contributed by atoms with E-state index in [1.54, 1.807) is 0 Å². The number of benzene rings is 1. The standard InChI is InChI=1S/C28H40N2O4/c1-22(2)11-9-12-23(3)13-10-14-24(4)17-18-34-26(19-27(30-29)28(31)32-5)21-33-20-25-15-7-6-8-16-25/h6-8,11,13,15-17,26H,9-10,12,14,18-21H2,1-5H3/b23-13+,24-17+/t26-/m1/s1. The molecule has 0 N–H and O–H groups in total. The second-order valence-electron chi connectivity index (χ2n) is 8.66. The van der Waals surface area contributed by atoms with Gasteiger partial charge in [0.25, 0.3) is 0 Å². The fraction of sp³-hybridized carbons (Fsp3) is 0.500. The first kappa shape index (κ1) is 29.2. The quantitative estimate of drug-likeness (QED) is 0.0945. The van der Waals surface area contributed by atoms with E-state index in [0.29, 0.717) is 13.2 Å². The van der Waals surface area contributed by atoms with Crippen molar-refractivity contribution in [1.82, 2.24) is 0 Å². The van der Waals surface area contributed by atoms with E-state index in [9.17, 15) is 10.3 Å². The van der Waals surface area contributed by atoms with Crippen molar-refractivity contribution in [3.63, 3.8) is 0 Å². The van der Waals surface area contributed by atoms with Crippen molar-refractivity contribution in [1.29, 1.82) is 0 Å². The average Bonchev–Trinajstić information content (AvgIpc) is 2.82. The van der Waals surface area contributed by atoms with Crippen molar-refractivity contribution in [2.24, 2.45) is 0 Å². The van der Waals surface area contributed by atoms with Crippen LogP contribution in [0.5, 0.6) is 0 Å². The van der Waals surface area contributed by atoms with Gasteiger partial charge >= 0.3 is 11.7 Å². The van der Waals surface area contributed by atoms with Crippen LogP contribution in [0.1, 0.15) is 65.4 Å². The predicted octanol–water partition coefficient (Wildman–Crippen LogP) is 6.24. The summed E-state index contributed by atoms with van der Waals surface area (Å²) in [6, 6.07) is 9.82. The van der Waals surface area contributed by atoms with Gasteiger partial charge in [-0.2, -0.15) is 4.79 Å². The van der Waals surface area contributed by atoms with Crippen LogP contribution in [-0.4, -0.2) is 42.9 Å². The van der Waals surface area contributed by atoms with Crippen molar-refractivity contribution in [2.75, 3.05) is 20.3 Å². The highest BCUT2D eigenvalue weighted by Gasteiger charge is 2.26. The third kappa shape index (κ3) is 13.7. The Kier molecular flexibility index (Phi) is 15.2.